The van der Waals surface area contributed by atoms with Gasteiger partial charge >= 0.3 is 0 Å². The zero-order chi connectivity index (χ0) is 19.7. The van der Waals surface area contributed by atoms with Crippen molar-refractivity contribution in [1.29, 1.82) is 0 Å². The highest BCUT2D eigenvalue weighted by Gasteiger charge is 2.16. The molecule has 0 aliphatic rings. The Kier molecular flexibility index (Phi) is 5.19. The van der Waals surface area contributed by atoms with E-state index < -0.39 is 0 Å². The largest absolute Gasteiger partial charge is 0.338 e. The summed E-state index contributed by atoms with van der Waals surface area (Å²) in [6.07, 6.45) is 0. The Bertz CT molecular complexity index is 1190. The number of aromatic nitrogens is 4. The molecule has 28 heavy (non-hydrogen) atoms. The molecule has 8 heteroatoms. The van der Waals surface area contributed by atoms with Gasteiger partial charge in [0.1, 0.15) is 0 Å². The topological polar surface area (TPSA) is 73.8 Å². The van der Waals surface area contributed by atoms with Crippen LogP contribution in [-0.4, -0.2) is 19.7 Å². The fourth-order valence-corrected chi connectivity index (χ4v) is 3.93. The van der Waals surface area contributed by atoms with E-state index in [0.29, 0.717) is 38.5 Å². The second-order valence-corrected chi connectivity index (χ2v) is 7.87. The van der Waals surface area contributed by atoms with Crippen LogP contribution in [0.5, 0.6) is 0 Å². The lowest BCUT2D eigenvalue weighted by atomic mass is 10.2. The maximum absolute atomic E-state index is 12.9. The number of hydrogen-bond donors (Lipinski definition) is 0. The Labute approximate surface area is 170 Å². The molecule has 0 atom stereocenters. The summed E-state index contributed by atoms with van der Waals surface area (Å²) in [7, 11) is 0. The van der Waals surface area contributed by atoms with Crippen LogP contribution in [0.15, 0.2) is 63.0 Å². The van der Waals surface area contributed by atoms with Gasteiger partial charge in [-0.05, 0) is 50.2 Å². The lowest BCUT2D eigenvalue weighted by Gasteiger charge is -2.15. The first-order valence-corrected chi connectivity index (χ1v) is 10.1. The van der Waals surface area contributed by atoms with Gasteiger partial charge in [0.05, 0.1) is 16.7 Å². The van der Waals surface area contributed by atoms with Gasteiger partial charge in [-0.2, -0.15) is 4.98 Å². The molecule has 0 fully saturated rings. The van der Waals surface area contributed by atoms with Crippen molar-refractivity contribution in [2.45, 2.75) is 30.8 Å². The number of benzene rings is 2. The number of rotatable bonds is 5. The van der Waals surface area contributed by atoms with Gasteiger partial charge in [0.2, 0.25) is 11.7 Å². The molecule has 0 unspecified atom stereocenters. The lowest BCUT2D eigenvalue weighted by Crippen LogP contribution is -2.25. The van der Waals surface area contributed by atoms with Crippen LogP contribution in [0.1, 0.15) is 25.8 Å². The molecule has 0 radical (unpaired) electrons. The van der Waals surface area contributed by atoms with E-state index in [1.807, 2.05) is 44.2 Å². The summed E-state index contributed by atoms with van der Waals surface area (Å²) in [5.74, 6) is 1.38. The van der Waals surface area contributed by atoms with E-state index in [-0.39, 0.29) is 11.6 Å². The molecule has 0 spiro atoms. The first kappa shape index (κ1) is 18.7. The highest BCUT2D eigenvalue weighted by molar-refractivity contribution is 7.98. The van der Waals surface area contributed by atoms with Gasteiger partial charge in [0.15, 0.2) is 5.16 Å². The van der Waals surface area contributed by atoms with Crippen LogP contribution in [0.3, 0.4) is 0 Å². The molecule has 0 amide bonds. The van der Waals surface area contributed by atoms with Crippen LogP contribution >= 0.6 is 23.4 Å². The molecular formula is C20H17ClN4O2S. The minimum absolute atomic E-state index is 0.0144. The minimum atomic E-state index is -0.0458. The van der Waals surface area contributed by atoms with Gasteiger partial charge in [-0.15, -0.1) is 0 Å². The van der Waals surface area contributed by atoms with Crippen molar-refractivity contribution in [2.24, 2.45) is 0 Å². The predicted molar refractivity (Wildman–Crippen MR) is 111 cm³/mol. The molecule has 6 nitrogen and oxygen atoms in total. The highest BCUT2D eigenvalue weighted by atomic mass is 35.5. The van der Waals surface area contributed by atoms with Gasteiger partial charge in [0, 0.05) is 16.6 Å². The Morgan fingerprint density at radius 1 is 1.11 bits per heavy atom. The number of thioether (sulfide) groups is 1. The minimum Gasteiger partial charge on any atom is -0.338 e. The number of halogens is 1. The monoisotopic (exact) mass is 412 g/mol. The zero-order valence-corrected chi connectivity index (χ0v) is 16.9. The van der Waals surface area contributed by atoms with E-state index in [0.717, 1.165) is 5.56 Å². The van der Waals surface area contributed by atoms with Crippen LogP contribution in [-0.2, 0) is 5.75 Å². The third-order valence-electron chi connectivity index (χ3n) is 4.19. The van der Waals surface area contributed by atoms with E-state index in [1.54, 1.807) is 22.8 Å². The summed E-state index contributed by atoms with van der Waals surface area (Å²) in [6.45, 7) is 3.93. The van der Waals surface area contributed by atoms with E-state index in [2.05, 4.69) is 15.1 Å². The molecule has 0 saturated heterocycles. The van der Waals surface area contributed by atoms with E-state index in [9.17, 15) is 4.79 Å². The molecule has 2 heterocycles. The second kappa shape index (κ2) is 7.77. The van der Waals surface area contributed by atoms with Crippen LogP contribution in [0.25, 0.3) is 22.3 Å². The lowest BCUT2D eigenvalue weighted by molar-refractivity contribution is 0.391. The molecule has 0 N–H and O–H groups in total. The molecule has 142 valence electrons. The van der Waals surface area contributed by atoms with Crippen molar-refractivity contribution in [2.75, 3.05) is 0 Å². The summed E-state index contributed by atoms with van der Waals surface area (Å²) in [4.78, 5) is 22.0. The van der Waals surface area contributed by atoms with E-state index in [4.69, 9.17) is 16.1 Å². The smallest absolute Gasteiger partial charge is 0.262 e. The molecule has 2 aromatic heterocycles. The first-order valence-electron chi connectivity index (χ1n) is 8.75. The fraction of sp³-hybridized carbons (Fsp3) is 0.200. The van der Waals surface area contributed by atoms with E-state index in [1.165, 1.54) is 11.8 Å². The van der Waals surface area contributed by atoms with Crippen molar-refractivity contribution < 1.29 is 4.52 Å². The van der Waals surface area contributed by atoms with Crippen molar-refractivity contribution >= 4 is 34.3 Å². The van der Waals surface area contributed by atoms with E-state index >= 15 is 0 Å². The molecule has 0 aliphatic heterocycles. The summed E-state index contributed by atoms with van der Waals surface area (Å²) >= 11 is 7.32. The average Bonchev–Trinajstić information content (AvgIpc) is 3.16. The molecule has 4 rings (SSSR count). The Morgan fingerprint density at radius 3 is 2.61 bits per heavy atom. The van der Waals surface area contributed by atoms with Gasteiger partial charge in [-0.1, -0.05) is 40.7 Å². The summed E-state index contributed by atoms with van der Waals surface area (Å²) < 4.78 is 7.06. The van der Waals surface area contributed by atoms with Gasteiger partial charge in [0.25, 0.3) is 5.56 Å². The standard InChI is InChI=1S/C20H17ClN4O2S/c1-12(2)25-19(26)15-5-3-4-6-16(15)22-20(25)28-11-17-23-18(24-27-17)13-7-9-14(21)10-8-13/h3-10,12H,11H2,1-2H3. The third kappa shape index (κ3) is 3.68. The fourth-order valence-electron chi connectivity index (χ4n) is 2.84. The van der Waals surface area contributed by atoms with Gasteiger partial charge < -0.3 is 4.52 Å². The second-order valence-electron chi connectivity index (χ2n) is 6.49. The Morgan fingerprint density at radius 2 is 1.86 bits per heavy atom. The maximum Gasteiger partial charge on any atom is 0.262 e. The van der Waals surface area contributed by atoms with Crippen LogP contribution in [0.4, 0.5) is 0 Å². The average molecular weight is 413 g/mol. The molecule has 0 bridgehead atoms. The Balaban J connectivity index is 1.62. The van der Waals surface area contributed by atoms with Crippen LogP contribution in [0.2, 0.25) is 5.02 Å². The predicted octanol–water partition coefficient (Wildman–Crippen LogP) is 4.97. The first-order chi connectivity index (χ1) is 13.5. The number of fused-ring (bicyclic) bond motifs is 1. The SMILES string of the molecule is CC(C)n1c(SCc2nc(-c3ccc(Cl)cc3)no2)nc2ccccc2c1=O. The Hall–Kier alpha value is -2.64. The highest BCUT2D eigenvalue weighted by Crippen LogP contribution is 2.25. The number of para-hydroxylation sites is 1. The van der Waals surface area contributed by atoms with Crippen LogP contribution < -0.4 is 5.56 Å². The molecular weight excluding hydrogens is 396 g/mol. The van der Waals surface area contributed by atoms with Crippen molar-refractivity contribution in [1.82, 2.24) is 19.7 Å². The molecule has 0 saturated carbocycles. The zero-order valence-electron chi connectivity index (χ0n) is 15.3. The molecule has 2 aromatic carbocycles. The normalized spacial score (nSPS) is 11.4. The molecule has 4 aromatic rings. The summed E-state index contributed by atoms with van der Waals surface area (Å²) in [5.41, 5.74) is 1.46. The summed E-state index contributed by atoms with van der Waals surface area (Å²) in [5, 5.41) is 5.92. The molecule has 0 aliphatic carbocycles. The van der Waals surface area contributed by atoms with Crippen LogP contribution in [0, 0.1) is 0 Å². The van der Waals surface area contributed by atoms with Gasteiger partial charge in [-0.3, -0.25) is 9.36 Å². The van der Waals surface area contributed by atoms with Crippen molar-refractivity contribution in [3.8, 4) is 11.4 Å². The number of hydrogen-bond acceptors (Lipinski definition) is 6. The quantitative estimate of drug-likeness (QED) is 0.340. The maximum atomic E-state index is 12.9. The van der Waals surface area contributed by atoms with Crippen molar-refractivity contribution in [3.63, 3.8) is 0 Å². The van der Waals surface area contributed by atoms with Gasteiger partial charge in [-0.25, -0.2) is 4.98 Å². The third-order valence-corrected chi connectivity index (χ3v) is 5.38. The number of nitrogens with zero attached hydrogens (tertiary/aromatic N) is 4. The van der Waals surface area contributed by atoms with Crippen molar-refractivity contribution in [3.05, 3.63) is 69.8 Å². The summed E-state index contributed by atoms with van der Waals surface area (Å²) in [6, 6.07) is 14.6.